The lowest BCUT2D eigenvalue weighted by molar-refractivity contribution is -0.236. The molecular weight excluding hydrogens is 292 g/mol. The summed E-state index contributed by atoms with van der Waals surface area (Å²) >= 11 is 0. The van der Waals surface area contributed by atoms with Crippen molar-refractivity contribution in [2.45, 2.75) is 62.9 Å². The molecule has 0 aromatic carbocycles. The van der Waals surface area contributed by atoms with Gasteiger partial charge in [0.15, 0.2) is 0 Å². The second kappa shape index (κ2) is 9.51. The number of carbonyl (C=O) groups is 1. The average molecular weight is 320 g/mol. The summed E-state index contributed by atoms with van der Waals surface area (Å²) in [6.07, 6.45) is -3.41. The van der Waals surface area contributed by atoms with E-state index in [0.29, 0.717) is 6.54 Å². The topological polar surface area (TPSA) is 131 Å². The third-order valence-electron chi connectivity index (χ3n) is 4.00. The number of rotatable bonds is 9. The summed E-state index contributed by atoms with van der Waals surface area (Å²) in [7, 11) is 1.75. The molecule has 0 aliphatic carbocycles. The molecule has 0 saturated carbocycles. The van der Waals surface area contributed by atoms with Crippen LogP contribution in [-0.2, 0) is 9.53 Å². The summed E-state index contributed by atoms with van der Waals surface area (Å²) in [4.78, 5) is 11.3. The van der Waals surface area contributed by atoms with E-state index in [1.165, 1.54) is 0 Å². The molecule has 0 aromatic rings. The van der Waals surface area contributed by atoms with Gasteiger partial charge in [-0.05, 0) is 33.4 Å². The fraction of sp³-hybridized carbons (Fsp3) is 0.929. The molecule has 0 aromatic heterocycles. The van der Waals surface area contributed by atoms with Crippen molar-refractivity contribution >= 4 is 5.78 Å². The lowest BCUT2D eigenvalue weighted by Crippen LogP contribution is -2.62. The molecule has 8 heteroatoms. The Balaban J connectivity index is 2.30. The minimum atomic E-state index is -1.37. The molecular formula is C14H28N2O6. The standard InChI is InChI=1S/C14H28N2O6/c1-8(18)9(15-2)5-3-4-6-16-14-13(21)12(20)11(19)10(7-17)22-14/h9-17,19-21H,3-7H2,1-2H3. The Hall–Kier alpha value is -0.610. The third-order valence-corrected chi connectivity index (χ3v) is 4.00. The largest absolute Gasteiger partial charge is 0.394 e. The zero-order chi connectivity index (χ0) is 16.7. The van der Waals surface area contributed by atoms with Gasteiger partial charge in [-0.25, -0.2) is 0 Å². The van der Waals surface area contributed by atoms with E-state index in [4.69, 9.17) is 9.84 Å². The highest BCUT2D eigenvalue weighted by Crippen LogP contribution is 2.19. The Bertz CT molecular complexity index is 341. The van der Waals surface area contributed by atoms with Crippen LogP contribution in [0, 0.1) is 0 Å². The van der Waals surface area contributed by atoms with Crippen LogP contribution in [0.2, 0.25) is 0 Å². The maximum atomic E-state index is 11.3. The molecule has 1 heterocycles. The maximum Gasteiger partial charge on any atom is 0.146 e. The van der Waals surface area contributed by atoms with Gasteiger partial charge in [0, 0.05) is 0 Å². The van der Waals surface area contributed by atoms with E-state index in [1.807, 2.05) is 0 Å². The van der Waals surface area contributed by atoms with Crippen LogP contribution in [-0.4, -0.2) is 83.1 Å². The Kier molecular flexibility index (Phi) is 8.40. The number of aliphatic hydroxyl groups excluding tert-OH is 4. The van der Waals surface area contributed by atoms with Gasteiger partial charge < -0.3 is 30.5 Å². The lowest BCUT2D eigenvalue weighted by Gasteiger charge is -2.40. The van der Waals surface area contributed by atoms with Gasteiger partial charge in [-0.2, -0.15) is 0 Å². The number of Topliss-reactive ketones (excluding diaryl/α,β-unsaturated/α-hetero) is 1. The molecule has 130 valence electrons. The zero-order valence-electron chi connectivity index (χ0n) is 13.1. The molecule has 1 saturated heterocycles. The van der Waals surface area contributed by atoms with Crippen molar-refractivity contribution in [3.63, 3.8) is 0 Å². The summed E-state index contributed by atoms with van der Waals surface area (Å²) in [5.41, 5.74) is 0. The van der Waals surface area contributed by atoms with Gasteiger partial charge in [0.25, 0.3) is 0 Å². The van der Waals surface area contributed by atoms with Crippen molar-refractivity contribution in [1.82, 2.24) is 10.6 Å². The maximum absolute atomic E-state index is 11.3. The van der Waals surface area contributed by atoms with E-state index in [1.54, 1.807) is 14.0 Å². The van der Waals surface area contributed by atoms with Gasteiger partial charge in [-0.15, -0.1) is 0 Å². The fourth-order valence-corrected chi connectivity index (χ4v) is 2.54. The highest BCUT2D eigenvalue weighted by Gasteiger charge is 2.42. The van der Waals surface area contributed by atoms with Crippen LogP contribution in [0.15, 0.2) is 0 Å². The molecule has 1 fully saturated rings. The van der Waals surface area contributed by atoms with Gasteiger partial charge in [0.2, 0.25) is 0 Å². The van der Waals surface area contributed by atoms with Crippen molar-refractivity contribution in [3.05, 3.63) is 0 Å². The number of hydrogen-bond donors (Lipinski definition) is 6. The molecule has 6 atom stereocenters. The Morgan fingerprint density at radius 2 is 1.86 bits per heavy atom. The number of nitrogens with one attached hydrogen (secondary N) is 2. The van der Waals surface area contributed by atoms with E-state index < -0.39 is 37.3 Å². The van der Waals surface area contributed by atoms with E-state index in [9.17, 15) is 20.1 Å². The molecule has 0 amide bonds. The lowest BCUT2D eigenvalue weighted by atomic mass is 9.98. The Labute approximate surface area is 130 Å². The molecule has 22 heavy (non-hydrogen) atoms. The first-order chi connectivity index (χ1) is 10.4. The van der Waals surface area contributed by atoms with E-state index in [-0.39, 0.29) is 11.8 Å². The van der Waals surface area contributed by atoms with Crippen LogP contribution in [0.4, 0.5) is 0 Å². The number of hydrogen-bond acceptors (Lipinski definition) is 8. The van der Waals surface area contributed by atoms with Crippen LogP contribution in [0.25, 0.3) is 0 Å². The molecule has 1 aliphatic heterocycles. The Morgan fingerprint density at radius 1 is 1.18 bits per heavy atom. The van der Waals surface area contributed by atoms with Crippen LogP contribution in [0.1, 0.15) is 26.2 Å². The molecule has 1 aliphatic rings. The first-order valence-corrected chi connectivity index (χ1v) is 7.64. The van der Waals surface area contributed by atoms with Gasteiger partial charge >= 0.3 is 0 Å². The second-order valence-corrected chi connectivity index (χ2v) is 5.65. The van der Waals surface area contributed by atoms with Crippen LogP contribution < -0.4 is 10.6 Å². The first-order valence-electron chi connectivity index (χ1n) is 7.64. The SMILES string of the molecule is CNC(CCCCNC1OC(CO)C(O)C(O)C1O)C(C)=O. The van der Waals surface area contributed by atoms with E-state index in [2.05, 4.69) is 10.6 Å². The van der Waals surface area contributed by atoms with Gasteiger partial charge in [0.1, 0.15) is 36.4 Å². The third kappa shape index (κ3) is 5.24. The van der Waals surface area contributed by atoms with Crippen LogP contribution >= 0.6 is 0 Å². The van der Waals surface area contributed by atoms with Gasteiger partial charge in [0.05, 0.1) is 12.6 Å². The predicted molar refractivity (Wildman–Crippen MR) is 79.1 cm³/mol. The first kappa shape index (κ1) is 19.4. The Morgan fingerprint density at radius 3 is 2.41 bits per heavy atom. The molecule has 6 N–H and O–H groups in total. The van der Waals surface area contributed by atoms with E-state index >= 15 is 0 Å². The minimum absolute atomic E-state index is 0.101. The summed E-state index contributed by atoms with van der Waals surface area (Å²) in [6.45, 7) is 1.63. The molecule has 1 rings (SSSR count). The summed E-state index contributed by atoms with van der Waals surface area (Å²) in [5.74, 6) is 0.101. The molecule has 6 unspecified atom stereocenters. The number of carbonyl (C=O) groups excluding carboxylic acids is 1. The van der Waals surface area contributed by atoms with Crippen molar-refractivity contribution < 1.29 is 30.0 Å². The van der Waals surface area contributed by atoms with Crippen molar-refractivity contribution in [2.75, 3.05) is 20.2 Å². The minimum Gasteiger partial charge on any atom is -0.394 e. The monoisotopic (exact) mass is 320 g/mol. The number of aliphatic hydroxyl groups is 4. The van der Waals surface area contributed by atoms with Crippen molar-refractivity contribution in [1.29, 1.82) is 0 Å². The van der Waals surface area contributed by atoms with E-state index in [0.717, 1.165) is 19.3 Å². The number of ketones is 1. The summed E-state index contributed by atoms with van der Waals surface area (Å²) < 4.78 is 5.33. The number of unbranched alkanes of at least 4 members (excludes halogenated alkanes) is 1. The fourth-order valence-electron chi connectivity index (χ4n) is 2.54. The summed E-state index contributed by atoms with van der Waals surface area (Å²) in [5, 5.41) is 44.2. The molecule has 0 spiro atoms. The number of ether oxygens (including phenoxy) is 1. The van der Waals surface area contributed by atoms with Crippen LogP contribution in [0.3, 0.4) is 0 Å². The second-order valence-electron chi connectivity index (χ2n) is 5.65. The van der Waals surface area contributed by atoms with Crippen LogP contribution in [0.5, 0.6) is 0 Å². The summed E-state index contributed by atoms with van der Waals surface area (Å²) in [6, 6.07) is -0.146. The molecule has 0 radical (unpaired) electrons. The molecule has 8 nitrogen and oxygen atoms in total. The highest BCUT2D eigenvalue weighted by atomic mass is 16.6. The van der Waals surface area contributed by atoms with Crippen molar-refractivity contribution in [2.24, 2.45) is 0 Å². The normalized spacial score (nSPS) is 33.6. The zero-order valence-corrected chi connectivity index (χ0v) is 13.1. The smallest absolute Gasteiger partial charge is 0.146 e. The van der Waals surface area contributed by atoms with Crippen molar-refractivity contribution in [3.8, 4) is 0 Å². The predicted octanol–water partition coefficient (Wildman–Crippen LogP) is -2.28. The molecule has 0 bridgehead atoms. The quantitative estimate of drug-likeness (QED) is 0.262. The number of likely N-dealkylation sites (N-methyl/N-ethyl adjacent to an activating group) is 1. The highest BCUT2D eigenvalue weighted by molar-refractivity contribution is 5.81. The van der Waals surface area contributed by atoms with Gasteiger partial charge in [-0.1, -0.05) is 6.42 Å². The van der Waals surface area contributed by atoms with Gasteiger partial charge in [-0.3, -0.25) is 10.1 Å². The average Bonchev–Trinajstić information content (AvgIpc) is 2.50.